The number of rotatable bonds is 5. The minimum absolute atomic E-state index is 0.0396. The van der Waals surface area contributed by atoms with Gasteiger partial charge in [0.05, 0.1) is 0 Å². The van der Waals surface area contributed by atoms with Gasteiger partial charge in [0.15, 0.2) is 0 Å². The Morgan fingerprint density at radius 3 is 2.47 bits per heavy atom. The average Bonchev–Trinajstić information content (AvgIpc) is 2.35. The SMILES string of the molecule is CC(CNC(=O)c1ccc(CN)cc1)S(C)=O. The van der Waals surface area contributed by atoms with Gasteiger partial charge in [-0.25, -0.2) is 0 Å². The molecule has 17 heavy (non-hydrogen) atoms. The van der Waals surface area contributed by atoms with E-state index in [9.17, 15) is 9.00 Å². The van der Waals surface area contributed by atoms with Crippen molar-refractivity contribution in [2.45, 2.75) is 18.7 Å². The number of nitrogens with one attached hydrogen (secondary N) is 1. The molecule has 0 saturated heterocycles. The van der Waals surface area contributed by atoms with Gasteiger partial charge in [-0.15, -0.1) is 0 Å². The third-order valence-corrected chi connectivity index (χ3v) is 3.87. The van der Waals surface area contributed by atoms with Crippen LogP contribution in [-0.4, -0.2) is 28.2 Å². The lowest BCUT2D eigenvalue weighted by atomic mass is 10.1. The number of hydrogen-bond donors (Lipinski definition) is 2. The van der Waals surface area contributed by atoms with E-state index in [4.69, 9.17) is 5.73 Å². The molecule has 4 nitrogen and oxygen atoms in total. The van der Waals surface area contributed by atoms with Crippen molar-refractivity contribution in [2.24, 2.45) is 5.73 Å². The van der Waals surface area contributed by atoms with Gasteiger partial charge in [0.25, 0.3) is 5.91 Å². The van der Waals surface area contributed by atoms with Gasteiger partial charge in [0, 0.05) is 41.0 Å². The molecule has 0 aromatic heterocycles. The minimum atomic E-state index is -0.919. The Hall–Kier alpha value is -1.20. The molecule has 2 atom stereocenters. The molecule has 0 saturated carbocycles. The molecule has 0 bridgehead atoms. The zero-order valence-electron chi connectivity index (χ0n) is 10.1. The van der Waals surface area contributed by atoms with E-state index in [2.05, 4.69) is 5.32 Å². The maximum absolute atomic E-state index is 11.7. The van der Waals surface area contributed by atoms with Crippen LogP contribution in [0.5, 0.6) is 0 Å². The van der Waals surface area contributed by atoms with E-state index in [1.54, 1.807) is 18.4 Å². The first-order chi connectivity index (χ1) is 8.04. The molecular formula is C12H18N2O2S. The van der Waals surface area contributed by atoms with Crippen LogP contribution in [0.25, 0.3) is 0 Å². The van der Waals surface area contributed by atoms with E-state index in [1.807, 2.05) is 19.1 Å². The molecule has 3 N–H and O–H groups in total. The topological polar surface area (TPSA) is 72.2 Å². The van der Waals surface area contributed by atoms with E-state index < -0.39 is 10.8 Å². The average molecular weight is 254 g/mol. The van der Waals surface area contributed by atoms with Crippen LogP contribution in [0.4, 0.5) is 0 Å². The standard InChI is InChI=1S/C12H18N2O2S/c1-9(17(2)16)8-14-12(15)11-5-3-10(7-13)4-6-11/h3-6,9H,7-8,13H2,1-2H3,(H,14,15). The van der Waals surface area contributed by atoms with E-state index in [1.165, 1.54) is 0 Å². The molecule has 5 heteroatoms. The van der Waals surface area contributed by atoms with Crippen molar-refractivity contribution in [1.82, 2.24) is 5.32 Å². The van der Waals surface area contributed by atoms with Crippen LogP contribution in [0.15, 0.2) is 24.3 Å². The van der Waals surface area contributed by atoms with Crippen LogP contribution in [0, 0.1) is 0 Å². The lowest BCUT2D eigenvalue weighted by molar-refractivity contribution is 0.0954. The van der Waals surface area contributed by atoms with Gasteiger partial charge in [-0.3, -0.25) is 9.00 Å². The summed E-state index contributed by atoms with van der Waals surface area (Å²) in [4.78, 5) is 11.7. The lowest BCUT2D eigenvalue weighted by Crippen LogP contribution is -2.32. The van der Waals surface area contributed by atoms with E-state index in [0.717, 1.165) is 5.56 Å². The van der Waals surface area contributed by atoms with Crippen molar-refractivity contribution >= 4 is 16.7 Å². The molecule has 0 aliphatic heterocycles. The highest BCUT2D eigenvalue weighted by Crippen LogP contribution is 2.03. The molecule has 0 radical (unpaired) electrons. The fourth-order valence-corrected chi connectivity index (χ4v) is 1.57. The zero-order chi connectivity index (χ0) is 12.8. The maximum atomic E-state index is 11.7. The molecule has 0 aliphatic carbocycles. The molecule has 94 valence electrons. The summed E-state index contributed by atoms with van der Waals surface area (Å²) in [5.74, 6) is -0.147. The van der Waals surface area contributed by atoms with Gasteiger partial charge < -0.3 is 11.1 Å². The molecule has 0 heterocycles. The van der Waals surface area contributed by atoms with Crippen LogP contribution in [-0.2, 0) is 17.3 Å². The summed E-state index contributed by atoms with van der Waals surface area (Å²) >= 11 is 0. The van der Waals surface area contributed by atoms with Gasteiger partial charge in [-0.05, 0) is 24.6 Å². The van der Waals surface area contributed by atoms with Crippen molar-refractivity contribution in [2.75, 3.05) is 12.8 Å². The molecule has 1 amide bonds. The zero-order valence-corrected chi connectivity index (χ0v) is 10.9. The first-order valence-electron chi connectivity index (χ1n) is 5.44. The molecule has 0 aliphatic rings. The summed E-state index contributed by atoms with van der Waals surface area (Å²) in [6.45, 7) is 2.72. The summed E-state index contributed by atoms with van der Waals surface area (Å²) in [7, 11) is -0.919. The quantitative estimate of drug-likeness (QED) is 0.810. The normalized spacial score (nSPS) is 14.1. The predicted molar refractivity (Wildman–Crippen MR) is 70.2 cm³/mol. The number of amides is 1. The van der Waals surface area contributed by atoms with Crippen molar-refractivity contribution in [3.8, 4) is 0 Å². The Morgan fingerprint density at radius 2 is 2.00 bits per heavy atom. The largest absolute Gasteiger partial charge is 0.351 e. The highest BCUT2D eigenvalue weighted by molar-refractivity contribution is 7.84. The summed E-state index contributed by atoms with van der Waals surface area (Å²) in [6.07, 6.45) is 1.63. The smallest absolute Gasteiger partial charge is 0.251 e. The van der Waals surface area contributed by atoms with Crippen LogP contribution >= 0.6 is 0 Å². The molecule has 2 unspecified atom stereocenters. The number of carbonyl (C=O) groups is 1. The summed E-state index contributed by atoms with van der Waals surface area (Å²) < 4.78 is 11.1. The van der Waals surface area contributed by atoms with Crippen molar-refractivity contribution in [3.05, 3.63) is 35.4 Å². The highest BCUT2D eigenvalue weighted by atomic mass is 32.2. The second-order valence-electron chi connectivity index (χ2n) is 3.92. The first-order valence-corrected chi connectivity index (χ1v) is 7.06. The van der Waals surface area contributed by atoms with Gasteiger partial charge in [0.2, 0.25) is 0 Å². The molecule has 0 spiro atoms. The molecule has 1 aromatic rings. The summed E-state index contributed by atoms with van der Waals surface area (Å²) in [5.41, 5.74) is 7.06. The fourth-order valence-electron chi connectivity index (χ4n) is 1.25. The van der Waals surface area contributed by atoms with Gasteiger partial charge >= 0.3 is 0 Å². The Kier molecular flexibility index (Phi) is 5.31. The van der Waals surface area contributed by atoms with Crippen LogP contribution in [0.3, 0.4) is 0 Å². The Labute approximate surface area is 104 Å². The Bertz CT molecular complexity index is 403. The van der Waals surface area contributed by atoms with Gasteiger partial charge in [0.1, 0.15) is 0 Å². The third kappa shape index (κ3) is 4.28. The number of benzene rings is 1. The van der Waals surface area contributed by atoms with E-state index in [-0.39, 0.29) is 11.2 Å². The molecule has 0 fully saturated rings. The number of carbonyl (C=O) groups excluding carboxylic acids is 1. The molecule has 1 rings (SSSR count). The van der Waals surface area contributed by atoms with Crippen molar-refractivity contribution < 1.29 is 9.00 Å². The Balaban J connectivity index is 2.55. The summed E-state index contributed by atoms with van der Waals surface area (Å²) in [6, 6.07) is 7.14. The van der Waals surface area contributed by atoms with Crippen LogP contribution in [0.2, 0.25) is 0 Å². The summed E-state index contributed by atoms with van der Waals surface area (Å²) in [5, 5.41) is 2.71. The Morgan fingerprint density at radius 1 is 1.41 bits per heavy atom. The molecule has 1 aromatic carbocycles. The first kappa shape index (κ1) is 13.9. The van der Waals surface area contributed by atoms with E-state index >= 15 is 0 Å². The number of hydrogen-bond acceptors (Lipinski definition) is 3. The molecular weight excluding hydrogens is 236 g/mol. The fraction of sp³-hybridized carbons (Fsp3) is 0.417. The second kappa shape index (κ2) is 6.51. The van der Waals surface area contributed by atoms with E-state index in [0.29, 0.717) is 18.7 Å². The van der Waals surface area contributed by atoms with Crippen molar-refractivity contribution in [3.63, 3.8) is 0 Å². The predicted octanol–water partition coefficient (Wildman–Crippen LogP) is 0.642. The highest BCUT2D eigenvalue weighted by Gasteiger charge is 2.09. The van der Waals surface area contributed by atoms with Gasteiger partial charge in [-0.2, -0.15) is 0 Å². The second-order valence-corrected chi connectivity index (χ2v) is 5.72. The third-order valence-electron chi connectivity index (χ3n) is 2.57. The number of nitrogens with two attached hydrogens (primary N) is 1. The monoisotopic (exact) mass is 254 g/mol. The van der Waals surface area contributed by atoms with Crippen LogP contribution in [0.1, 0.15) is 22.8 Å². The minimum Gasteiger partial charge on any atom is -0.351 e. The van der Waals surface area contributed by atoms with Crippen LogP contribution < -0.4 is 11.1 Å². The maximum Gasteiger partial charge on any atom is 0.251 e. The lowest BCUT2D eigenvalue weighted by Gasteiger charge is -2.10. The van der Waals surface area contributed by atoms with Crippen molar-refractivity contribution in [1.29, 1.82) is 0 Å². The van der Waals surface area contributed by atoms with Gasteiger partial charge in [-0.1, -0.05) is 12.1 Å².